The van der Waals surface area contributed by atoms with Crippen molar-refractivity contribution in [3.63, 3.8) is 0 Å². The molecule has 0 spiro atoms. The van der Waals surface area contributed by atoms with Crippen LogP contribution < -0.4 is 0 Å². The second-order valence-corrected chi connectivity index (χ2v) is 5.89. The molecule has 2 unspecified atom stereocenters. The van der Waals surface area contributed by atoms with Crippen molar-refractivity contribution in [2.24, 2.45) is 5.92 Å². The summed E-state index contributed by atoms with van der Waals surface area (Å²) in [6.07, 6.45) is 3.71. The Morgan fingerprint density at radius 1 is 1.42 bits per heavy atom. The number of likely N-dealkylation sites (tertiary alicyclic amines) is 1. The molecule has 0 N–H and O–H groups in total. The van der Waals surface area contributed by atoms with Crippen LogP contribution in [0.3, 0.4) is 0 Å². The number of ketones is 1. The van der Waals surface area contributed by atoms with Crippen LogP contribution in [0.5, 0.6) is 0 Å². The highest BCUT2D eigenvalue weighted by atomic mass is 35.5. The number of halogens is 1. The summed E-state index contributed by atoms with van der Waals surface area (Å²) < 4.78 is 0. The standard InChI is InChI=1S/C16H22ClNO/c1-3-13-5-4-10-18(11-13)12(2)16(19)14-6-8-15(17)9-7-14/h6-9,12-13H,3-5,10-11H2,1-2H3. The molecular weight excluding hydrogens is 258 g/mol. The van der Waals surface area contributed by atoms with Crippen LogP contribution in [-0.2, 0) is 0 Å². The van der Waals surface area contributed by atoms with Crippen molar-refractivity contribution >= 4 is 17.4 Å². The Morgan fingerprint density at radius 2 is 2.11 bits per heavy atom. The first kappa shape index (κ1) is 14.5. The van der Waals surface area contributed by atoms with E-state index in [1.165, 1.54) is 19.3 Å². The highest BCUT2D eigenvalue weighted by molar-refractivity contribution is 6.30. The molecule has 1 aliphatic heterocycles. The molecule has 0 saturated carbocycles. The molecule has 1 heterocycles. The SMILES string of the molecule is CCC1CCCN(C(C)C(=O)c2ccc(Cl)cc2)C1. The van der Waals surface area contributed by atoms with Gasteiger partial charge in [-0.15, -0.1) is 0 Å². The third kappa shape index (κ3) is 3.58. The maximum Gasteiger partial charge on any atom is 0.179 e. The van der Waals surface area contributed by atoms with Gasteiger partial charge in [0.2, 0.25) is 0 Å². The Bertz CT molecular complexity index is 429. The molecule has 3 heteroatoms. The first-order valence-electron chi connectivity index (χ1n) is 7.15. The fourth-order valence-electron chi connectivity index (χ4n) is 2.80. The molecule has 2 atom stereocenters. The minimum Gasteiger partial charge on any atom is -0.293 e. The summed E-state index contributed by atoms with van der Waals surface area (Å²) in [4.78, 5) is 14.8. The predicted octanol–water partition coefficient (Wildman–Crippen LogP) is 4.03. The van der Waals surface area contributed by atoms with Gasteiger partial charge in [0.1, 0.15) is 0 Å². The van der Waals surface area contributed by atoms with Gasteiger partial charge >= 0.3 is 0 Å². The van der Waals surface area contributed by atoms with Gasteiger partial charge in [0, 0.05) is 17.1 Å². The van der Waals surface area contributed by atoms with Crippen LogP contribution in [0.15, 0.2) is 24.3 Å². The zero-order chi connectivity index (χ0) is 13.8. The van der Waals surface area contributed by atoms with Crippen molar-refractivity contribution in [3.05, 3.63) is 34.9 Å². The van der Waals surface area contributed by atoms with E-state index in [0.717, 1.165) is 24.6 Å². The quantitative estimate of drug-likeness (QED) is 0.776. The summed E-state index contributed by atoms with van der Waals surface area (Å²) in [5.41, 5.74) is 0.760. The highest BCUT2D eigenvalue weighted by Crippen LogP contribution is 2.22. The van der Waals surface area contributed by atoms with Crippen molar-refractivity contribution in [2.75, 3.05) is 13.1 Å². The van der Waals surface area contributed by atoms with Gasteiger partial charge in [0.15, 0.2) is 5.78 Å². The summed E-state index contributed by atoms with van der Waals surface area (Å²) in [7, 11) is 0. The largest absolute Gasteiger partial charge is 0.293 e. The first-order chi connectivity index (χ1) is 9.11. The van der Waals surface area contributed by atoms with E-state index in [1.54, 1.807) is 12.1 Å². The highest BCUT2D eigenvalue weighted by Gasteiger charge is 2.27. The van der Waals surface area contributed by atoms with Crippen molar-refractivity contribution in [2.45, 2.75) is 39.2 Å². The first-order valence-corrected chi connectivity index (χ1v) is 7.53. The number of carbonyl (C=O) groups is 1. The number of rotatable bonds is 4. The lowest BCUT2D eigenvalue weighted by molar-refractivity contribution is 0.0749. The van der Waals surface area contributed by atoms with Gasteiger partial charge in [-0.1, -0.05) is 24.9 Å². The second-order valence-electron chi connectivity index (χ2n) is 5.46. The molecule has 104 valence electrons. The van der Waals surface area contributed by atoms with Crippen LogP contribution in [0.4, 0.5) is 0 Å². The maximum atomic E-state index is 12.5. The van der Waals surface area contributed by atoms with E-state index in [2.05, 4.69) is 11.8 Å². The van der Waals surface area contributed by atoms with Crippen LogP contribution >= 0.6 is 11.6 Å². The van der Waals surface area contributed by atoms with E-state index >= 15 is 0 Å². The van der Waals surface area contributed by atoms with E-state index in [1.807, 2.05) is 19.1 Å². The molecule has 1 saturated heterocycles. The van der Waals surface area contributed by atoms with Gasteiger partial charge in [-0.05, 0) is 56.5 Å². The average Bonchev–Trinajstić information content (AvgIpc) is 2.46. The lowest BCUT2D eigenvalue weighted by Crippen LogP contribution is -2.45. The van der Waals surface area contributed by atoms with Crippen LogP contribution in [-0.4, -0.2) is 29.8 Å². The van der Waals surface area contributed by atoms with Crippen LogP contribution in [0, 0.1) is 5.92 Å². The van der Waals surface area contributed by atoms with Crippen LogP contribution in [0.2, 0.25) is 5.02 Å². The average molecular weight is 280 g/mol. The number of hydrogen-bond donors (Lipinski definition) is 0. The minimum atomic E-state index is -0.0319. The Hall–Kier alpha value is -0.860. The molecule has 1 aliphatic rings. The summed E-state index contributed by atoms with van der Waals surface area (Å²) >= 11 is 5.86. The number of nitrogens with zero attached hydrogens (tertiary/aromatic N) is 1. The Kier molecular flexibility index (Phi) is 5.00. The molecule has 0 aromatic heterocycles. The smallest absolute Gasteiger partial charge is 0.179 e. The lowest BCUT2D eigenvalue weighted by atomic mass is 9.93. The zero-order valence-electron chi connectivity index (χ0n) is 11.7. The van der Waals surface area contributed by atoms with Crippen molar-refractivity contribution in [3.8, 4) is 0 Å². The summed E-state index contributed by atoms with van der Waals surface area (Å²) in [5.74, 6) is 0.947. The number of benzene rings is 1. The third-order valence-electron chi connectivity index (χ3n) is 4.18. The normalized spacial score (nSPS) is 22.2. The molecule has 2 nitrogen and oxygen atoms in total. The van der Waals surface area contributed by atoms with Gasteiger partial charge < -0.3 is 0 Å². The van der Waals surface area contributed by atoms with E-state index < -0.39 is 0 Å². The number of piperidine rings is 1. The Labute approximate surface area is 120 Å². The maximum absolute atomic E-state index is 12.5. The molecule has 19 heavy (non-hydrogen) atoms. The number of hydrogen-bond acceptors (Lipinski definition) is 2. The Morgan fingerprint density at radius 3 is 2.74 bits per heavy atom. The van der Waals surface area contributed by atoms with Crippen LogP contribution in [0.25, 0.3) is 0 Å². The molecule has 0 aliphatic carbocycles. The number of Topliss-reactive ketones (excluding diaryl/α,β-unsaturated/α-hetero) is 1. The van der Waals surface area contributed by atoms with Crippen molar-refractivity contribution in [1.82, 2.24) is 4.90 Å². The van der Waals surface area contributed by atoms with Crippen molar-refractivity contribution in [1.29, 1.82) is 0 Å². The topological polar surface area (TPSA) is 20.3 Å². The van der Waals surface area contributed by atoms with Crippen LogP contribution in [0.1, 0.15) is 43.5 Å². The minimum absolute atomic E-state index is 0.0319. The second kappa shape index (κ2) is 6.53. The van der Waals surface area contributed by atoms with E-state index in [-0.39, 0.29) is 11.8 Å². The van der Waals surface area contributed by atoms with Crippen molar-refractivity contribution < 1.29 is 4.79 Å². The summed E-state index contributed by atoms with van der Waals surface area (Å²) in [6, 6.07) is 7.18. The molecule has 1 aromatic rings. The third-order valence-corrected chi connectivity index (χ3v) is 4.44. The fraction of sp³-hybridized carbons (Fsp3) is 0.562. The van der Waals surface area contributed by atoms with E-state index in [4.69, 9.17) is 11.6 Å². The van der Waals surface area contributed by atoms with Gasteiger partial charge in [-0.2, -0.15) is 0 Å². The predicted molar refractivity (Wildman–Crippen MR) is 79.8 cm³/mol. The molecular formula is C16H22ClNO. The molecule has 2 rings (SSSR count). The van der Waals surface area contributed by atoms with Gasteiger partial charge in [-0.3, -0.25) is 9.69 Å². The van der Waals surface area contributed by atoms with Gasteiger partial charge in [0.25, 0.3) is 0 Å². The lowest BCUT2D eigenvalue weighted by Gasteiger charge is -2.35. The van der Waals surface area contributed by atoms with E-state index in [9.17, 15) is 4.79 Å². The van der Waals surface area contributed by atoms with E-state index in [0.29, 0.717) is 5.02 Å². The molecule has 1 fully saturated rings. The fourth-order valence-corrected chi connectivity index (χ4v) is 2.93. The zero-order valence-corrected chi connectivity index (χ0v) is 12.5. The summed E-state index contributed by atoms with van der Waals surface area (Å²) in [6.45, 7) is 6.35. The van der Waals surface area contributed by atoms with Gasteiger partial charge in [0.05, 0.1) is 6.04 Å². The molecule has 0 radical (unpaired) electrons. The van der Waals surface area contributed by atoms with Gasteiger partial charge in [-0.25, -0.2) is 0 Å². The Balaban J connectivity index is 2.04. The summed E-state index contributed by atoms with van der Waals surface area (Å²) in [5, 5.41) is 0.674. The number of carbonyl (C=O) groups excluding carboxylic acids is 1. The molecule has 1 aromatic carbocycles. The monoisotopic (exact) mass is 279 g/mol. The molecule has 0 bridgehead atoms. The molecule has 0 amide bonds.